The van der Waals surface area contributed by atoms with Gasteiger partial charge in [0, 0.05) is 11.5 Å². The first-order chi connectivity index (χ1) is 15.1. The van der Waals surface area contributed by atoms with Crippen molar-refractivity contribution < 1.29 is 9.90 Å². The minimum Gasteiger partial charge on any atom is -0.506 e. The van der Waals surface area contributed by atoms with E-state index < -0.39 is 11.9 Å². The number of amides is 1. The van der Waals surface area contributed by atoms with Crippen LogP contribution >= 0.6 is 0 Å². The van der Waals surface area contributed by atoms with Crippen molar-refractivity contribution in [1.82, 2.24) is 5.32 Å². The van der Waals surface area contributed by atoms with Crippen LogP contribution in [0.5, 0.6) is 0 Å². The Kier molecular flexibility index (Phi) is 5.68. The van der Waals surface area contributed by atoms with Crippen LogP contribution in [0.25, 0.3) is 5.57 Å². The molecule has 2 aromatic rings. The molecular formula is C27H22N2O2. The molecule has 0 spiro atoms. The van der Waals surface area contributed by atoms with E-state index in [4.69, 9.17) is 0 Å². The number of benzene rings is 2. The summed E-state index contributed by atoms with van der Waals surface area (Å²) in [5, 5.41) is 23.5. The van der Waals surface area contributed by atoms with Gasteiger partial charge in [-0.3, -0.25) is 4.79 Å². The molecule has 1 amide bonds. The van der Waals surface area contributed by atoms with Crippen LogP contribution in [0.1, 0.15) is 23.6 Å². The topological polar surface area (TPSA) is 73.1 Å². The average molecular weight is 406 g/mol. The fraction of sp³-hybridized carbons (Fsp3) is 0.111. The highest BCUT2D eigenvalue weighted by Crippen LogP contribution is 2.44. The standard InChI is InChI=1S/C27H22N2O2/c1-18-21-14-8-9-15-22(21)25(26(30)24(18)20-12-6-3-7-13-20)27(31)29-23(16-17-28)19-10-4-2-5-11-19/h2-15,21,23,30H,1,16H2,(H,29,31). The number of carbonyl (C=O) groups is 1. The molecule has 4 heteroatoms. The Labute approximate surface area is 181 Å². The van der Waals surface area contributed by atoms with Crippen molar-refractivity contribution in [3.8, 4) is 6.07 Å². The van der Waals surface area contributed by atoms with Gasteiger partial charge in [0.15, 0.2) is 0 Å². The monoisotopic (exact) mass is 406 g/mol. The molecule has 4 rings (SSSR count). The maximum absolute atomic E-state index is 13.4. The van der Waals surface area contributed by atoms with Gasteiger partial charge >= 0.3 is 0 Å². The lowest BCUT2D eigenvalue weighted by molar-refractivity contribution is -0.118. The highest BCUT2D eigenvalue weighted by molar-refractivity contribution is 6.04. The SMILES string of the molecule is C=C1C(c2ccccc2)=C(O)C(C(=O)NC(CC#N)c2ccccc2)=C2C=CC=CC12. The van der Waals surface area contributed by atoms with Crippen LogP contribution in [0, 0.1) is 17.2 Å². The second-order valence-corrected chi connectivity index (χ2v) is 7.47. The summed E-state index contributed by atoms with van der Waals surface area (Å²) in [6.45, 7) is 4.23. The number of aliphatic hydroxyl groups excluding tert-OH is 1. The molecule has 2 atom stereocenters. The zero-order valence-corrected chi connectivity index (χ0v) is 17.0. The molecule has 0 bridgehead atoms. The first-order valence-electron chi connectivity index (χ1n) is 10.1. The summed E-state index contributed by atoms with van der Waals surface area (Å²) in [4.78, 5) is 13.4. The molecule has 0 heterocycles. The van der Waals surface area contributed by atoms with Gasteiger partial charge in [0.2, 0.25) is 0 Å². The number of fused-ring (bicyclic) bond motifs is 1. The van der Waals surface area contributed by atoms with E-state index in [1.54, 1.807) is 0 Å². The Balaban J connectivity index is 1.79. The summed E-state index contributed by atoms with van der Waals surface area (Å²) in [6.07, 6.45) is 7.70. The van der Waals surface area contributed by atoms with Crippen LogP contribution in [-0.2, 0) is 4.79 Å². The number of hydrogen-bond acceptors (Lipinski definition) is 3. The fourth-order valence-corrected chi connectivity index (χ4v) is 4.08. The molecule has 0 radical (unpaired) electrons. The molecule has 2 N–H and O–H groups in total. The molecule has 0 fully saturated rings. The van der Waals surface area contributed by atoms with Crippen molar-refractivity contribution in [3.05, 3.63) is 125 Å². The summed E-state index contributed by atoms with van der Waals surface area (Å²) in [7, 11) is 0. The maximum atomic E-state index is 13.4. The van der Waals surface area contributed by atoms with Crippen LogP contribution in [0.4, 0.5) is 0 Å². The van der Waals surface area contributed by atoms with Crippen molar-refractivity contribution in [3.63, 3.8) is 0 Å². The normalized spacial score (nSPS) is 18.4. The number of rotatable bonds is 5. The lowest BCUT2D eigenvalue weighted by atomic mass is 9.74. The van der Waals surface area contributed by atoms with E-state index in [0.717, 1.165) is 16.7 Å². The Morgan fingerprint density at radius 2 is 1.77 bits per heavy atom. The molecule has 0 aromatic heterocycles. The predicted octanol–water partition coefficient (Wildman–Crippen LogP) is 5.34. The van der Waals surface area contributed by atoms with Crippen molar-refractivity contribution in [2.75, 3.05) is 0 Å². The predicted molar refractivity (Wildman–Crippen MR) is 121 cm³/mol. The van der Waals surface area contributed by atoms with Crippen LogP contribution in [0.3, 0.4) is 0 Å². The molecule has 2 aliphatic carbocycles. The van der Waals surface area contributed by atoms with Gasteiger partial charge in [-0.15, -0.1) is 0 Å². The molecule has 4 nitrogen and oxygen atoms in total. The zero-order valence-electron chi connectivity index (χ0n) is 17.0. The van der Waals surface area contributed by atoms with Crippen LogP contribution < -0.4 is 5.32 Å². The van der Waals surface area contributed by atoms with Crippen LogP contribution in [0.15, 0.2) is 114 Å². The van der Waals surface area contributed by atoms with E-state index in [9.17, 15) is 15.2 Å². The summed E-state index contributed by atoms with van der Waals surface area (Å²) >= 11 is 0. The Hall–Kier alpha value is -4.10. The maximum Gasteiger partial charge on any atom is 0.255 e. The van der Waals surface area contributed by atoms with E-state index in [-0.39, 0.29) is 23.7 Å². The zero-order chi connectivity index (χ0) is 21.8. The number of nitriles is 1. The Morgan fingerprint density at radius 1 is 1.10 bits per heavy atom. The summed E-state index contributed by atoms with van der Waals surface area (Å²) in [6, 6.07) is 20.5. The second-order valence-electron chi connectivity index (χ2n) is 7.47. The Bertz CT molecular complexity index is 1180. The first kappa shape index (κ1) is 20.2. The van der Waals surface area contributed by atoms with Crippen molar-refractivity contribution in [1.29, 1.82) is 5.26 Å². The minimum absolute atomic E-state index is 0.0938. The van der Waals surface area contributed by atoms with Crippen LogP contribution in [-0.4, -0.2) is 11.0 Å². The van der Waals surface area contributed by atoms with Crippen molar-refractivity contribution in [2.45, 2.75) is 12.5 Å². The smallest absolute Gasteiger partial charge is 0.255 e. The third kappa shape index (κ3) is 3.86. The minimum atomic E-state index is -0.480. The van der Waals surface area contributed by atoms with Gasteiger partial charge in [-0.1, -0.05) is 91.5 Å². The summed E-state index contributed by atoms with van der Waals surface area (Å²) in [5.74, 6) is -0.714. The number of hydrogen-bond donors (Lipinski definition) is 2. The molecule has 0 saturated heterocycles. The van der Waals surface area contributed by atoms with Gasteiger partial charge in [0.25, 0.3) is 5.91 Å². The third-order valence-corrected chi connectivity index (χ3v) is 5.58. The van der Waals surface area contributed by atoms with Gasteiger partial charge in [-0.2, -0.15) is 5.26 Å². The number of carbonyl (C=O) groups excluding carboxylic acids is 1. The lowest BCUT2D eigenvalue weighted by Crippen LogP contribution is -2.33. The highest BCUT2D eigenvalue weighted by Gasteiger charge is 2.35. The average Bonchev–Trinajstić information content (AvgIpc) is 2.80. The first-order valence-corrected chi connectivity index (χ1v) is 10.1. The fourth-order valence-electron chi connectivity index (χ4n) is 4.08. The Morgan fingerprint density at radius 3 is 2.45 bits per heavy atom. The van der Waals surface area contributed by atoms with E-state index in [1.807, 2.05) is 85.0 Å². The van der Waals surface area contributed by atoms with Crippen LogP contribution in [0.2, 0.25) is 0 Å². The van der Waals surface area contributed by atoms with E-state index in [0.29, 0.717) is 11.1 Å². The highest BCUT2D eigenvalue weighted by atomic mass is 16.3. The quantitative estimate of drug-likeness (QED) is 0.704. The molecule has 2 aromatic carbocycles. The third-order valence-electron chi connectivity index (χ3n) is 5.58. The summed E-state index contributed by atoms with van der Waals surface area (Å²) in [5.41, 5.74) is 3.87. The van der Waals surface area contributed by atoms with Crippen molar-refractivity contribution in [2.24, 2.45) is 5.92 Å². The molecule has 0 aliphatic heterocycles. The van der Waals surface area contributed by atoms with Gasteiger partial charge in [0.05, 0.1) is 24.1 Å². The van der Waals surface area contributed by atoms with E-state index in [2.05, 4.69) is 18.0 Å². The molecule has 2 unspecified atom stereocenters. The summed E-state index contributed by atoms with van der Waals surface area (Å²) < 4.78 is 0. The number of allylic oxidation sites excluding steroid dienone is 7. The molecule has 152 valence electrons. The van der Waals surface area contributed by atoms with Gasteiger partial charge < -0.3 is 10.4 Å². The van der Waals surface area contributed by atoms with Gasteiger partial charge in [-0.25, -0.2) is 0 Å². The number of nitrogens with one attached hydrogen (secondary N) is 1. The van der Waals surface area contributed by atoms with E-state index in [1.165, 1.54) is 0 Å². The van der Waals surface area contributed by atoms with Gasteiger partial charge in [0.1, 0.15) is 5.76 Å². The van der Waals surface area contributed by atoms with E-state index >= 15 is 0 Å². The molecule has 31 heavy (non-hydrogen) atoms. The lowest BCUT2D eigenvalue weighted by Gasteiger charge is -2.31. The second kappa shape index (κ2) is 8.73. The molecular weight excluding hydrogens is 384 g/mol. The number of aliphatic hydroxyl groups is 1. The molecule has 0 saturated carbocycles. The molecule has 2 aliphatic rings. The largest absolute Gasteiger partial charge is 0.506 e. The number of nitrogens with zero attached hydrogens (tertiary/aromatic N) is 1. The van der Waals surface area contributed by atoms with Crippen molar-refractivity contribution >= 4 is 11.5 Å². The van der Waals surface area contributed by atoms with Gasteiger partial charge in [-0.05, 0) is 22.3 Å².